The van der Waals surface area contributed by atoms with Crippen molar-refractivity contribution in [1.29, 1.82) is 0 Å². The fourth-order valence-corrected chi connectivity index (χ4v) is 7.24. The zero-order chi connectivity index (χ0) is 26.0. The Morgan fingerprint density at radius 1 is 1.08 bits per heavy atom. The van der Waals surface area contributed by atoms with Crippen LogP contribution in [0.2, 0.25) is 10.0 Å². The number of thiophene rings is 1. The van der Waals surface area contributed by atoms with Crippen LogP contribution in [0, 0.1) is 6.92 Å². The molecule has 36 heavy (non-hydrogen) atoms. The van der Waals surface area contributed by atoms with Crippen LogP contribution in [-0.2, 0) is 32.4 Å². The van der Waals surface area contributed by atoms with Gasteiger partial charge in [-0.05, 0) is 68.5 Å². The lowest BCUT2D eigenvalue weighted by Gasteiger charge is -2.25. The van der Waals surface area contributed by atoms with E-state index in [0.717, 1.165) is 46.0 Å². The topological polar surface area (TPSA) is 92.8 Å². The summed E-state index contributed by atoms with van der Waals surface area (Å²) in [7, 11) is -2.90. The Labute approximate surface area is 224 Å². The largest absolute Gasteiger partial charge is 0.465 e. The summed E-state index contributed by atoms with van der Waals surface area (Å²) in [5.41, 5.74) is 2.17. The monoisotopic (exact) mass is 566 g/mol. The number of methoxy groups -OCH3 is 1. The van der Waals surface area contributed by atoms with Gasteiger partial charge in [-0.15, -0.1) is 11.3 Å². The average Bonchev–Trinajstić information content (AvgIpc) is 3.21. The van der Waals surface area contributed by atoms with Gasteiger partial charge in [-0.3, -0.25) is 9.10 Å². The van der Waals surface area contributed by atoms with Gasteiger partial charge in [-0.25, -0.2) is 13.2 Å². The first-order valence-corrected chi connectivity index (χ1v) is 14.2. The minimum atomic E-state index is -4.19. The number of anilines is 2. The Bertz CT molecular complexity index is 1420. The third-order valence-electron chi connectivity index (χ3n) is 5.89. The lowest BCUT2D eigenvalue weighted by molar-refractivity contribution is -0.114. The van der Waals surface area contributed by atoms with Crippen molar-refractivity contribution >= 4 is 67.1 Å². The molecule has 1 aliphatic rings. The highest BCUT2D eigenvalue weighted by Crippen LogP contribution is 2.39. The van der Waals surface area contributed by atoms with Crippen LogP contribution in [0.4, 0.5) is 10.7 Å². The fraction of sp³-hybridized carbons (Fsp3) is 0.280. The van der Waals surface area contributed by atoms with E-state index in [9.17, 15) is 18.0 Å². The molecule has 3 aromatic rings. The number of benzene rings is 2. The van der Waals surface area contributed by atoms with E-state index in [-0.39, 0.29) is 20.6 Å². The molecule has 0 spiro atoms. The van der Waals surface area contributed by atoms with Crippen molar-refractivity contribution < 1.29 is 22.7 Å². The molecule has 2 aromatic carbocycles. The number of carbonyl (C=O) groups is 2. The number of nitrogens with zero attached hydrogens (tertiary/aromatic N) is 1. The van der Waals surface area contributed by atoms with Crippen molar-refractivity contribution in [1.82, 2.24) is 0 Å². The second-order valence-corrected chi connectivity index (χ2v) is 12.2. The van der Waals surface area contributed by atoms with Crippen LogP contribution in [0.1, 0.15) is 39.2 Å². The van der Waals surface area contributed by atoms with Gasteiger partial charge in [0.25, 0.3) is 10.0 Å². The van der Waals surface area contributed by atoms with Crippen molar-refractivity contribution in [2.75, 3.05) is 23.3 Å². The van der Waals surface area contributed by atoms with Gasteiger partial charge in [0.05, 0.1) is 28.3 Å². The second kappa shape index (κ2) is 10.8. The molecule has 1 amide bonds. The Kier molecular flexibility index (Phi) is 7.94. The lowest BCUT2D eigenvalue weighted by atomic mass is 9.95. The van der Waals surface area contributed by atoms with E-state index in [0.29, 0.717) is 10.6 Å². The standard InChI is InChI=1S/C25H24Cl2N2O5S2/c1-15-7-10-17(11-8-15)36(32,33)29(20-13-16(26)9-12-19(20)27)14-22(30)28-24-23(25(31)34-2)18-5-3-4-6-21(18)35-24/h7-13H,3-6,14H2,1-2H3,(H,28,30). The molecule has 0 fully saturated rings. The average molecular weight is 568 g/mol. The molecular formula is C25H24Cl2N2O5S2. The number of aryl methyl sites for hydroxylation is 2. The number of halogens is 2. The van der Waals surface area contributed by atoms with Crippen molar-refractivity contribution in [3.63, 3.8) is 0 Å². The van der Waals surface area contributed by atoms with Gasteiger partial charge in [-0.1, -0.05) is 40.9 Å². The number of esters is 1. The SMILES string of the molecule is COC(=O)c1c(NC(=O)CN(c2cc(Cl)ccc2Cl)S(=O)(=O)c2ccc(C)cc2)sc2c1CCCC2. The number of fused-ring (bicyclic) bond motifs is 1. The first kappa shape index (κ1) is 26.5. The number of ether oxygens (including phenoxy) is 1. The highest BCUT2D eigenvalue weighted by molar-refractivity contribution is 7.92. The highest BCUT2D eigenvalue weighted by Gasteiger charge is 2.31. The summed E-state index contributed by atoms with van der Waals surface area (Å²) in [6, 6.07) is 10.7. The molecule has 1 heterocycles. The molecule has 0 unspecified atom stereocenters. The summed E-state index contributed by atoms with van der Waals surface area (Å²) in [5.74, 6) is -1.17. The Hall–Kier alpha value is -2.59. The predicted octanol–water partition coefficient (Wildman–Crippen LogP) is 5.86. The maximum atomic E-state index is 13.6. The van der Waals surface area contributed by atoms with Crippen molar-refractivity contribution in [3.05, 3.63) is 74.1 Å². The van der Waals surface area contributed by atoms with Gasteiger partial charge in [-0.2, -0.15) is 0 Å². The van der Waals surface area contributed by atoms with E-state index in [4.69, 9.17) is 27.9 Å². The van der Waals surface area contributed by atoms with Crippen LogP contribution in [-0.4, -0.2) is 33.9 Å². The van der Waals surface area contributed by atoms with Gasteiger partial charge in [0.15, 0.2) is 0 Å². The van der Waals surface area contributed by atoms with Crippen molar-refractivity contribution in [2.45, 2.75) is 37.5 Å². The highest BCUT2D eigenvalue weighted by atomic mass is 35.5. The minimum absolute atomic E-state index is 0.00113. The molecule has 1 N–H and O–H groups in total. The van der Waals surface area contributed by atoms with Crippen LogP contribution in [0.15, 0.2) is 47.4 Å². The molecule has 1 aliphatic carbocycles. The first-order chi connectivity index (χ1) is 17.1. The third kappa shape index (κ3) is 5.39. The molecule has 0 saturated carbocycles. The summed E-state index contributed by atoms with van der Waals surface area (Å²) in [6.45, 7) is 1.26. The molecule has 4 rings (SSSR count). The number of hydrogen-bond acceptors (Lipinski definition) is 6. The number of amides is 1. The summed E-state index contributed by atoms with van der Waals surface area (Å²) >= 11 is 13.8. The van der Waals surface area contributed by atoms with E-state index < -0.39 is 28.4 Å². The van der Waals surface area contributed by atoms with E-state index in [1.807, 2.05) is 6.92 Å². The van der Waals surface area contributed by atoms with Crippen LogP contribution in [0.3, 0.4) is 0 Å². The number of sulfonamides is 1. The molecule has 11 heteroatoms. The molecule has 0 atom stereocenters. The van der Waals surface area contributed by atoms with Gasteiger partial charge >= 0.3 is 5.97 Å². The third-order valence-corrected chi connectivity index (χ3v) is 9.42. The van der Waals surface area contributed by atoms with E-state index in [1.165, 1.54) is 48.8 Å². The second-order valence-electron chi connectivity index (χ2n) is 8.38. The summed E-state index contributed by atoms with van der Waals surface area (Å²) in [6.07, 6.45) is 3.47. The van der Waals surface area contributed by atoms with E-state index in [1.54, 1.807) is 12.1 Å². The van der Waals surface area contributed by atoms with Gasteiger partial charge in [0.2, 0.25) is 5.91 Å². The maximum absolute atomic E-state index is 13.6. The van der Waals surface area contributed by atoms with E-state index >= 15 is 0 Å². The van der Waals surface area contributed by atoms with E-state index in [2.05, 4.69) is 5.32 Å². The van der Waals surface area contributed by atoms with Crippen LogP contribution < -0.4 is 9.62 Å². The normalized spacial score (nSPS) is 13.1. The van der Waals surface area contributed by atoms with Crippen LogP contribution in [0.25, 0.3) is 0 Å². The Balaban J connectivity index is 1.71. The number of carbonyl (C=O) groups excluding carboxylic acids is 2. The van der Waals surface area contributed by atoms with Gasteiger partial charge in [0, 0.05) is 9.90 Å². The first-order valence-electron chi connectivity index (χ1n) is 11.2. The zero-order valence-electron chi connectivity index (χ0n) is 19.6. The summed E-state index contributed by atoms with van der Waals surface area (Å²) < 4.78 is 33.2. The molecule has 0 aliphatic heterocycles. The van der Waals surface area contributed by atoms with Crippen LogP contribution >= 0.6 is 34.5 Å². The molecule has 0 saturated heterocycles. The smallest absolute Gasteiger partial charge is 0.341 e. The zero-order valence-corrected chi connectivity index (χ0v) is 22.8. The number of hydrogen-bond donors (Lipinski definition) is 1. The predicted molar refractivity (Wildman–Crippen MR) is 143 cm³/mol. The van der Waals surface area contributed by atoms with Crippen molar-refractivity contribution in [2.24, 2.45) is 0 Å². The van der Waals surface area contributed by atoms with Gasteiger partial charge < -0.3 is 10.1 Å². The molecule has 0 bridgehead atoms. The molecule has 1 aromatic heterocycles. The van der Waals surface area contributed by atoms with Crippen LogP contribution in [0.5, 0.6) is 0 Å². The number of rotatable bonds is 7. The lowest BCUT2D eigenvalue weighted by Crippen LogP contribution is -2.38. The summed E-state index contributed by atoms with van der Waals surface area (Å²) in [5, 5.41) is 3.47. The Morgan fingerprint density at radius 3 is 2.47 bits per heavy atom. The van der Waals surface area contributed by atoms with Gasteiger partial charge in [0.1, 0.15) is 11.5 Å². The summed E-state index contributed by atoms with van der Waals surface area (Å²) in [4.78, 5) is 26.8. The Morgan fingerprint density at radius 2 is 1.78 bits per heavy atom. The molecule has 7 nitrogen and oxygen atoms in total. The molecular weight excluding hydrogens is 543 g/mol. The minimum Gasteiger partial charge on any atom is -0.465 e. The molecule has 0 radical (unpaired) electrons. The maximum Gasteiger partial charge on any atom is 0.341 e. The quantitative estimate of drug-likeness (QED) is 0.361. The fourth-order valence-electron chi connectivity index (χ4n) is 4.08. The molecule has 190 valence electrons. The number of nitrogens with one attached hydrogen (secondary N) is 1. The van der Waals surface area contributed by atoms with Crippen molar-refractivity contribution in [3.8, 4) is 0 Å².